The Morgan fingerprint density at radius 1 is 1.33 bits per heavy atom. The van der Waals surface area contributed by atoms with E-state index in [1.165, 1.54) is 6.42 Å². The van der Waals surface area contributed by atoms with Gasteiger partial charge in [-0.25, -0.2) is 4.39 Å². The maximum atomic E-state index is 12.8. The summed E-state index contributed by atoms with van der Waals surface area (Å²) in [5.41, 5.74) is 0. The van der Waals surface area contributed by atoms with Gasteiger partial charge in [0.05, 0.1) is 0 Å². The molecule has 0 amide bonds. The van der Waals surface area contributed by atoms with Crippen molar-refractivity contribution in [2.45, 2.75) is 45.2 Å². The highest BCUT2D eigenvalue weighted by molar-refractivity contribution is 4.72. The van der Waals surface area contributed by atoms with E-state index in [9.17, 15) is 4.39 Å². The van der Waals surface area contributed by atoms with E-state index in [0.29, 0.717) is 5.92 Å². The van der Waals surface area contributed by atoms with Crippen molar-refractivity contribution in [3.8, 4) is 0 Å². The number of hydrogen-bond acceptors (Lipinski definition) is 0. The zero-order valence-electron chi connectivity index (χ0n) is 6.07. The van der Waals surface area contributed by atoms with Crippen molar-refractivity contribution in [3.05, 3.63) is 0 Å². The Bertz CT molecular complexity index is 80.6. The summed E-state index contributed by atoms with van der Waals surface area (Å²) >= 11 is 0. The smallest absolute Gasteiger partial charge is 0.103 e. The standard InChI is InChI=1S/C8H15F/c1-2-7-5-3-4-6-8(7)9/h7-8H,2-6H2,1H3/t7-,8-/m0/s1. The molecule has 0 aromatic carbocycles. The lowest BCUT2D eigenvalue weighted by Gasteiger charge is -2.23. The summed E-state index contributed by atoms with van der Waals surface area (Å²) in [5.74, 6) is 0.388. The van der Waals surface area contributed by atoms with Crippen molar-refractivity contribution in [1.29, 1.82) is 0 Å². The van der Waals surface area contributed by atoms with Crippen molar-refractivity contribution >= 4 is 0 Å². The Balaban J connectivity index is 2.30. The van der Waals surface area contributed by atoms with Gasteiger partial charge in [-0.2, -0.15) is 0 Å². The lowest BCUT2D eigenvalue weighted by atomic mass is 9.86. The van der Waals surface area contributed by atoms with Gasteiger partial charge < -0.3 is 0 Å². The first-order valence-electron chi connectivity index (χ1n) is 3.98. The summed E-state index contributed by atoms with van der Waals surface area (Å²) < 4.78 is 12.8. The van der Waals surface area contributed by atoms with Gasteiger partial charge in [0.25, 0.3) is 0 Å². The molecule has 0 saturated heterocycles. The topological polar surface area (TPSA) is 0 Å². The molecule has 9 heavy (non-hydrogen) atoms. The molecular weight excluding hydrogens is 115 g/mol. The first-order valence-corrected chi connectivity index (χ1v) is 3.98. The SMILES string of the molecule is CC[C@H]1CCCC[C@@H]1F. The van der Waals surface area contributed by atoms with Gasteiger partial charge in [-0.05, 0) is 18.8 Å². The van der Waals surface area contributed by atoms with E-state index in [2.05, 4.69) is 6.92 Å². The van der Waals surface area contributed by atoms with Crippen LogP contribution in [-0.2, 0) is 0 Å². The lowest BCUT2D eigenvalue weighted by molar-refractivity contribution is 0.162. The molecule has 0 heterocycles. The number of rotatable bonds is 1. The minimum absolute atomic E-state index is 0.388. The molecule has 1 aliphatic rings. The van der Waals surface area contributed by atoms with Gasteiger partial charge in [-0.1, -0.05) is 26.2 Å². The number of halogens is 1. The molecule has 0 bridgehead atoms. The van der Waals surface area contributed by atoms with Crippen LogP contribution >= 0.6 is 0 Å². The normalized spacial score (nSPS) is 36.7. The van der Waals surface area contributed by atoms with E-state index < -0.39 is 6.17 Å². The third-order valence-electron chi connectivity index (χ3n) is 2.34. The van der Waals surface area contributed by atoms with Crippen molar-refractivity contribution < 1.29 is 4.39 Å². The fourth-order valence-corrected chi connectivity index (χ4v) is 1.62. The van der Waals surface area contributed by atoms with Crippen LogP contribution in [0.4, 0.5) is 4.39 Å². The van der Waals surface area contributed by atoms with Crippen LogP contribution in [0.2, 0.25) is 0 Å². The van der Waals surface area contributed by atoms with Gasteiger partial charge in [0.15, 0.2) is 0 Å². The summed E-state index contributed by atoms with van der Waals surface area (Å²) in [6.07, 6.45) is 4.84. The average Bonchev–Trinajstić information content (AvgIpc) is 1.89. The molecule has 54 valence electrons. The van der Waals surface area contributed by atoms with Gasteiger partial charge in [-0.15, -0.1) is 0 Å². The minimum Gasteiger partial charge on any atom is -0.247 e. The molecule has 0 spiro atoms. The van der Waals surface area contributed by atoms with Crippen molar-refractivity contribution in [2.24, 2.45) is 5.92 Å². The fourth-order valence-electron chi connectivity index (χ4n) is 1.62. The molecule has 0 unspecified atom stereocenters. The summed E-state index contributed by atoms with van der Waals surface area (Å²) in [6, 6.07) is 0. The van der Waals surface area contributed by atoms with Crippen molar-refractivity contribution in [1.82, 2.24) is 0 Å². The van der Waals surface area contributed by atoms with Crippen LogP contribution in [0.25, 0.3) is 0 Å². The summed E-state index contributed by atoms with van der Waals surface area (Å²) in [4.78, 5) is 0. The van der Waals surface area contributed by atoms with Crippen molar-refractivity contribution in [2.75, 3.05) is 0 Å². The van der Waals surface area contributed by atoms with Crippen LogP contribution in [-0.4, -0.2) is 6.17 Å². The highest BCUT2D eigenvalue weighted by Crippen LogP contribution is 2.28. The van der Waals surface area contributed by atoms with Crippen LogP contribution < -0.4 is 0 Å². The highest BCUT2D eigenvalue weighted by atomic mass is 19.1. The van der Waals surface area contributed by atoms with Gasteiger partial charge in [0.2, 0.25) is 0 Å². The Morgan fingerprint density at radius 2 is 2.00 bits per heavy atom. The third kappa shape index (κ3) is 1.67. The molecule has 0 aromatic heterocycles. The van der Waals surface area contributed by atoms with Gasteiger partial charge in [0.1, 0.15) is 6.17 Å². The van der Waals surface area contributed by atoms with E-state index in [4.69, 9.17) is 0 Å². The Labute approximate surface area is 56.5 Å². The summed E-state index contributed by atoms with van der Waals surface area (Å²) in [5, 5.41) is 0. The predicted octanol–water partition coefficient (Wildman–Crippen LogP) is 2.92. The van der Waals surface area contributed by atoms with E-state index in [1.807, 2.05) is 0 Å². The molecule has 1 aliphatic carbocycles. The quantitative estimate of drug-likeness (QED) is 0.512. The molecule has 1 fully saturated rings. The lowest BCUT2D eigenvalue weighted by Crippen LogP contribution is -2.19. The van der Waals surface area contributed by atoms with Gasteiger partial charge >= 0.3 is 0 Å². The Hall–Kier alpha value is -0.0700. The molecule has 0 aliphatic heterocycles. The maximum absolute atomic E-state index is 12.8. The van der Waals surface area contributed by atoms with Crippen molar-refractivity contribution in [3.63, 3.8) is 0 Å². The third-order valence-corrected chi connectivity index (χ3v) is 2.34. The largest absolute Gasteiger partial charge is 0.247 e. The Morgan fingerprint density at radius 3 is 2.44 bits per heavy atom. The van der Waals surface area contributed by atoms with Gasteiger partial charge in [0, 0.05) is 0 Å². The van der Waals surface area contributed by atoms with Gasteiger partial charge in [-0.3, -0.25) is 0 Å². The molecule has 0 radical (unpaired) electrons. The van der Waals surface area contributed by atoms with Crippen LogP contribution in [0.15, 0.2) is 0 Å². The number of hydrogen-bond donors (Lipinski definition) is 0. The zero-order valence-corrected chi connectivity index (χ0v) is 6.07. The molecule has 0 nitrogen and oxygen atoms in total. The monoisotopic (exact) mass is 130 g/mol. The average molecular weight is 130 g/mol. The number of alkyl halides is 1. The molecule has 0 N–H and O–H groups in total. The second-order valence-electron chi connectivity index (χ2n) is 2.97. The summed E-state index contributed by atoms with van der Waals surface area (Å²) in [7, 11) is 0. The fraction of sp³-hybridized carbons (Fsp3) is 1.00. The maximum Gasteiger partial charge on any atom is 0.103 e. The molecule has 1 rings (SSSR count). The predicted molar refractivity (Wildman–Crippen MR) is 37.1 cm³/mol. The second-order valence-corrected chi connectivity index (χ2v) is 2.97. The molecule has 0 aromatic rings. The van der Waals surface area contributed by atoms with Crippen LogP contribution in [0.1, 0.15) is 39.0 Å². The second kappa shape index (κ2) is 3.19. The van der Waals surface area contributed by atoms with E-state index in [-0.39, 0.29) is 0 Å². The molecule has 1 saturated carbocycles. The van der Waals surface area contributed by atoms with E-state index in [0.717, 1.165) is 25.7 Å². The molecular formula is C8H15F. The first-order chi connectivity index (χ1) is 4.34. The van der Waals surface area contributed by atoms with Crippen LogP contribution in [0, 0.1) is 5.92 Å². The van der Waals surface area contributed by atoms with Crippen LogP contribution in [0.3, 0.4) is 0 Å². The van der Waals surface area contributed by atoms with Crippen LogP contribution in [0.5, 0.6) is 0 Å². The van der Waals surface area contributed by atoms with E-state index in [1.54, 1.807) is 0 Å². The first kappa shape index (κ1) is 7.04. The molecule has 1 heteroatoms. The highest BCUT2D eigenvalue weighted by Gasteiger charge is 2.22. The summed E-state index contributed by atoms with van der Waals surface area (Å²) in [6.45, 7) is 2.09. The zero-order chi connectivity index (χ0) is 6.69. The molecule has 2 atom stereocenters. The minimum atomic E-state index is -0.483. The van der Waals surface area contributed by atoms with E-state index >= 15 is 0 Å². The Kier molecular flexibility index (Phi) is 2.49.